The first-order valence-electron chi connectivity index (χ1n) is 5.77. The van der Waals surface area contributed by atoms with Gasteiger partial charge in [0.05, 0.1) is 36.1 Å². The van der Waals surface area contributed by atoms with E-state index in [9.17, 15) is 0 Å². The molecule has 0 saturated carbocycles. The van der Waals surface area contributed by atoms with Crippen LogP contribution >= 0.6 is 23.4 Å². The summed E-state index contributed by atoms with van der Waals surface area (Å²) in [6.45, 7) is 1.32. The first-order chi connectivity index (χ1) is 8.24. The lowest BCUT2D eigenvalue weighted by atomic mass is 9.97. The molecule has 17 heavy (non-hydrogen) atoms. The van der Waals surface area contributed by atoms with Gasteiger partial charge in [-0.15, -0.1) is 0 Å². The predicted molar refractivity (Wildman–Crippen MR) is 71.5 cm³/mol. The summed E-state index contributed by atoms with van der Waals surface area (Å²) in [7, 11) is 1.68. The Kier molecular flexibility index (Phi) is 4.73. The third kappa shape index (κ3) is 2.96. The minimum absolute atomic E-state index is 0.0168. The molecule has 0 amide bonds. The molecule has 4 nitrogen and oxygen atoms in total. The molecule has 1 aromatic heterocycles. The molecule has 1 aliphatic rings. The number of hydrogen-bond donors (Lipinski definition) is 1. The lowest BCUT2D eigenvalue weighted by Crippen LogP contribution is -2.25. The minimum atomic E-state index is -0.0168. The van der Waals surface area contributed by atoms with Crippen molar-refractivity contribution in [2.75, 3.05) is 25.2 Å². The van der Waals surface area contributed by atoms with E-state index < -0.39 is 0 Å². The van der Waals surface area contributed by atoms with Gasteiger partial charge in [-0.3, -0.25) is 4.68 Å². The van der Waals surface area contributed by atoms with Crippen LogP contribution in [0.1, 0.15) is 18.2 Å². The van der Waals surface area contributed by atoms with Gasteiger partial charge < -0.3 is 10.5 Å². The van der Waals surface area contributed by atoms with Crippen LogP contribution in [0.2, 0.25) is 5.02 Å². The molecule has 2 rings (SSSR count). The van der Waals surface area contributed by atoms with E-state index in [1.54, 1.807) is 13.3 Å². The second-order valence-electron chi connectivity index (χ2n) is 4.24. The predicted octanol–water partition coefficient (Wildman–Crippen LogP) is 1.94. The molecule has 2 N–H and O–H groups in total. The summed E-state index contributed by atoms with van der Waals surface area (Å²) in [4.78, 5) is 0. The molecular weight excluding hydrogens is 258 g/mol. The molecule has 6 heteroatoms. The molecular formula is C11H18ClN3OS. The van der Waals surface area contributed by atoms with Crippen LogP contribution in [0.3, 0.4) is 0 Å². The van der Waals surface area contributed by atoms with Crippen LogP contribution < -0.4 is 5.73 Å². The Labute approximate surface area is 111 Å². The van der Waals surface area contributed by atoms with Crippen molar-refractivity contribution in [2.45, 2.75) is 19.0 Å². The zero-order valence-corrected chi connectivity index (χ0v) is 11.5. The van der Waals surface area contributed by atoms with E-state index in [0.29, 0.717) is 24.1 Å². The lowest BCUT2D eigenvalue weighted by molar-refractivity contribution is 0.181. The van der Waals surface area contributed by atoms with Gasteiger partial charge in [0, 0.05) is 7.11 Å². The molecule has 1 aliphatic heterocycles. The number of rotatable bonds is 5. The maximum absolute atomic E-state index is 6.32. The fourth-order valence-corrected chi connectivity index (χ4v) is 3.70. The lowest BCUT2D eigenvalue weighted by Gasteiger charge is -2.20. The molecule has 2 atom stereocenters. The van der Waals surface area contributed by atoms with Crippen LogP contribution in [0, 0.1) is 5.92 Å². The number of ether oxygens (including phenoxy) is 1. The van der Waals surface area contributed by atoms with Crippen LogP contribution in [0.4, 0.5) is 0 Å². The van der Waals surface area contributed by atoms with Crippen molar-refractivity contribution in [2.24, 2.45) is 11.7 Å². The largest absolute Gasteiger partial charge is 0.383 e. The highest BCUT2D eigenvalue weighted by Gasteiger charge is 2.28. The molecule has 2 unspecified atom stereocenters. The zero-order chi connectivity index (χ0) is 12.3. The van der Waals surface area contributed by atoms with Crippen molar-refractivity contribution in [1.29, 1.82) is 0 Å². The number of halogens is 1. The number of nitrogens with zero attached hydrogens (tertiary/aromatic N) is 2. The minimum Gasteiger partial charge on any atom is -0.383 e. The van der Waals surface area contributed by atoms with E-state index in [2.05, 4.69) is 5.10 Å². The molecule has 2 heterocycles. The SMILES string of the molecule is COCCn1ncc(Cl)c1C(N)C1CCSC1. The maximum Gasteiger partial charge on any atom is 0.0834 e. The first-order valence-corrected chi connectivity index (χ1v) is 7.30. The van der Waals surface area contributed by atoms with Gasteiger partial charge in [-0.2, -0.15) is 16.9 Å². The molecule has 96 valence electrons. The number of methoxy groups -OCH3 is 1. The van der Waals surface area contributed by atoms with Crippen molar-refractivity contribution in [3.63, 3.8) is 0 Å². The van der Waals surface area contributed by atoms with Gasteiger partial charge >= 0.3 is 0 Å². The summed E-state index contributed by atoms with van der Waals surface area (Å²) in [5.74, 6) is 2.82. The number of nitrogens with two attached hydrogens (primary N) is 1. The van der Waals surface area contributed by atoms with E-state index in [4.69, 9.17) is 22.1 Å². The van der Waals surface area contributed by atoms with Crippen molar-refractivity contribution >= 4 is 23.4 Å². The Hall–Kier alpha value is -0.230. The topological polar surface area (TPSA) is 53.1 Å². The van der Waals surface area contributed by atoms with Crippen LogP contribution in [0.25, 0.3) is 0 Å². The van der Waals surface area contributed by atoms with Crippen molar-refractivity contribution in [1.82, 2.24) is 9.78 Å². The summed E-state index contributed by atoms with van der Waals surface area (Å²) in [5.41, 5.74) is 7.27. The van der Waals surface area contributed by atoms with Gasteiger partial charge in [0.1, 0.15) is 0 Å². The van der Waals surface area contributed by atoms with Gasteiger partial charge in [-0.25, -0.2) is 0 Å². The third-order valence-electron chi connectivity index (χ3n) is 3.13. The van der Waals surface area contributed by atoms with Crippen LogP contribution in [0.15, 0.2) is 6.20 Å². The molecule has 1 fully saturated rings. The van der Waals surface area contributed by atoms with E-state index in [1.165, 1.54) is 5.75 Å². The highest BCUT2D eigenvalue weighted by molar-refractivity contribution is 7.99. The fraction of sp³-hybridized carbons (Fsp3) is 0.727. The van der Waals surface area contributed by atoms with Gasteiger partial charge in [-0.05, 0) is 23.8 Å². The second kappa shape index (κ2) is 6.09. The standard InChI is InChI=1S/C11H18ClN3OS/c1-16-4-3-15-11(9(12)6-14-15)10(13)8-2-5-17-7-8/h6,8,10H,2-5,7,13H2,1H3. The second-order valence-corrected chi connectivity index (χ2v) is 5.80. The average molecular weight is 276 g/mol. The monoisotopic (exact) mass is 275 g/mol. The quantitative estimate of drug-likeness (QED) is 0.892. The molecule has 1 saturated heterocycles. The van der Waals surface area contributed by atoms with E-state index in [1.807, 2.05) is 16.4 Å². The van der Waals surface area contributed by atoms with E-state index >= 15 is 0 Å². The Bertz CT molecular complexity index is 366. The average Bonchev–Trinajstić information content (AvgIpc) is 2.95. The van der Waals surface area contributed by atoms with Crippen molar-refractivity contribution in [3.05, 3.63) is 16.9 Å². The molecule has 0 spiro atoms. The molecule has 0 aliphatic carbocycles. The Morgan fingerprint density at radius 3 is 3.24 bits per heavy atom. The summed E-state index contributed by atoms with van der Waals surface area (Å²) in [5, 5.41) is 4.94. The van der Waals surface area contributed by atoms with Gasteiger partial charge in [0.15, 0.2) is 0 Å². The highest BCUT2D eigenvalue weighted by Crippen LogP contribution is 2.35. The number of hydrogen-bond acceptors (Lipinski definition) is 4. The number of thioether (sulfide) groups is 1. The molecule has 0 bridgehead atoms. The van der Waals surface area contributed by atoms with Crippen molar-refractivity contribution < 1.29 is 4.74 Å². The van der Waals surface area contributed by atoms with Gasteiger partial charge in [-0.1, -0.05) is 11.6 Å². The Balaban J connectivity index is 2.14. The summed E-state index contributed by atoms with van der Waals surface area (Å²) >= 11 is 8.15. The smallest absolute Gasteiger partial charge is 0.0834 e. The molecule has 0 aromatic carbocycles. The van der Waals surface area contributed by atoms with Gasteiger partial charge in [0.2, 0.25) is 0 Å². The van der Waals surface area contributed by atoms with Crippen LogP contribution in [0.5, 0.6) is 0 Å². The van der Waals surface area contributed by atoms with Crippen LogP contribution in [-0.4, -0.2) is 35.0 Å². The van der Waals surface area contributed by atoms with Crippen molar-refractivity contribution in [3.8, 4) is 0 Å². The Morgan fingerprint density at radius 2 is 2.59 bits per heavy atom. The molecule has 1 aromatic rings. The highest BCUT2D eigenvalue weighted by atomic mass is 35.5. The Morgan fingerprint density at radius 1 is 1.76 bits per heavy atom. The number of aromatic nitrogens is 2. The first kappa shape index (κ1) is 13.2. The maximum atomic E-state index is 6.32. The van der Waals surface area contributed by atoms with Gasteiger partial charge in [0.25, 0.3) is 0 Å². The summed E-state index contributed by atoms with van der Waals surface area (Å²) in [6, 6.07) is -0.0168. The van der Waals surface area contributed by atoms with Crippen LogP contribution in [-0.2, 0) is 11.3 Å². The summed E-state index contributed by atoms with van der Waals surface area (Å²) < 4.78 is 6.94. The van der Waals surface area contributed by atoms with E-state index in [0.717, 1.165) is 17.9 Å². The summed E-state index contributed by atoms with van der Waals surface area (Å²) in [6.07, 6.45) is 2.84. The fourth-order valence-electron chi connectivity index (χ4n) is 2.12. The molecule has 0 radical (unpaired) electrons. The zero-order valence-electron chi connectivity index (χ0n) is 9.93. The normalized spacial score (nSPS) is 21.9. The third-order valence-corrected chi connectivity index (χ3v) is 4.61. The van der Waals surface area contributed by atoms with E-state index in [-0.39, 0.29) is 6.04 Å².